The Balaban J connectivity index is 1.32. The average Bonchev–Trinajstić information content (AvgIpc) is 2.99. The predicted octanol–water partition coefficient (Wildman–Crippen LogP) is 6.34. The molecule has 4 nitrogen and oxygen atoms in total. The van der Waals surface area contributed by atoms with Gasteiger partial charge in [0.2, 0.25) is 11.8 Å². The van der Waals surface area contributed by atoms with Gasteiger partial charge < -0.3 is 10.6 Å². The fourth-order valence-electron chi connectivity index (χ4n) is 4.92. The van der Waals surface area contributed by atoms with E-state index in [4.69, 9.17) is 0 Å². The summed E-state index contributed by atoms with van der Waals surface area (Å²) in [7, 11) is 0. The first kappa shape index (κ1) is 25.0. The van der Waals surface area contributed by atoms with Crippen LogP contribution in [-0.2, 0) is 21.7 Å². The van der Waals surface area contributed by atoms with E-state index >= 15 is 0 Å². The van der Waals surface area contributed by atoms with Crippen LogP contribution in [0.2, 0.25) is 0 Å². The maximum Gasteiger partial charge on any atom is 0.221 e. The minimum atomic E-state index is -0.886. The molecule has 0 radical (unpaired) electrons. The summed E-state index contributed by atoms with van der Waals surface area (Å²) >= 11 is 0. The van der Waals surface area contributed by atoms with E-state index in [-0.39, 0.29) is 24.7 Å². The zero-order valence-corrected chi connectivity index (χ0v) is 21.1. The van der Waals surface area contributed by atoms with Crippen LogP contribution in [0.5, 0.6) is 0 Å². The Morgan fingerprint density at radius 2 is 1.00 bits per heavy atom. The first-order valence-electron chi connectivity index (χ1n) is 12.9. The highest BCUT2D eigenvalue weighted by atomic mass is 16.2. The van der Waals surface area contributed by atoms with Crippen molar-refractivity contribution in [3.8, 4) is 0 Å². The second kappa shape index (κ2) is 11.6. The van der Waals surface area contributed by atoms with Gasteiger partial charge in [0.1, 0.15) is 5.54 Å². The number of fused-ring (bicyclic) bond motifs is 1. The van der Waals surface area contributed by atoms with E-state index in [1.807, 2.05) is 109 Å². The molecule has 188 valence electrons. The molecule has 0 bridgehead atoms. The molecule has 0 spiro atoms. The minimum absolute atomic E-state index is 0.0812. The molecular weight excluding hydrogens is 468 g/mol. The maximum atomic E-state index is 13.4. The lowest BCUT2D eigenvalue weighted by Crippen LogP contribution is -2.48. The van der Waals surface area contributed by atoms with Crippen LogP contribution in [0, 0.1) is 0 Å². The molecule has 0 heterocycles. The molecule has 5 rings (SSSR count). The summed E-state index contributed by atoms with van der Waals surface area (Å²) in [5.41, 5.74) is 2.99. The van der Waals surface area contributed by atoms with Crippen LogP contribution < -0.4 is 10.6 Å². The summed E-state index contributed by atoms with van der Waals surface area (Å²) in [6.07, 6.45) is 0.186. The lowest BCUT2D eigenvalue weighted by Gasteiger charge is -2.37. The van der Waals surface area contributed by atoms with Crippen molar-refractivity contribution >= 4 is 22.6 Å². The molecule has 5 aromatic rings. The lowest BCUT2D eigenvalue weighted by molar-refractivity contribution is -0.127. The number of carbonyl (C=O) groups excluding carboxylic acids is 2. The van der Waals surface area contributed by atoms with Crippen molar-refractivity contribution in [2.24, 2.45) is 0 Å². The molecule has 4 heteroatoms. The summed E-state index contributed by atoms with van der Waals surface area (Å²) < 4.78 is 0. The van der Waals surface area contributed by atoms with Crippen molar-refractivity contribution in [1.82, 2.24) is 10.6 Å². The van der Waals surface area contributed by atoms with E-state index < -0.39 is 5.54 Å². The zero-order chi connectivity index (χ0) is 26.2. The molecule has 0 saturated heterocycles. The summed E-state index contributed by atoms with van der Waals surface area (Å²) in [6.45, 7) is 0.424. The number of rotatable bonds is 9. The zero-order valence-electron chi connectivity index (χ0n) is 21.1. The first-order chi connectivity index (χ1) is 18.6. The van der Waals surface area contributed by atoms with Gasteiger partial charge in [-0.2, -0.15) is 0 Å². The van der Waals surface area contributed by atoms with E-state index in [1.165, 1.54) is 0 Å². The van der Waals surface area contributed by atoms with Crippen LogP contribution in [0.1, 0.15) is 35.1 Å². The highest BCUT2D eigenvalue weighted by Crippen LogP contribution is 2.36. The number of carbonyl (C=O) groups is 2. The molecule has 2 amide bonds. The summed E-state index contributed by atoms with van der Waals surface area (Å²) in [4.78, 5) is 26.1. The molecule has 0 aliphatic carbocycles. The number of nitrogens with one attached hydrogen (secondary N) is 2. The molecule has 0 atom stereocenters. The van der Waals surface area contributed by atoms with Gasteiger partial charge in [0.15, 0.2) is 0 Å². The second-order valence-corrected chi connectivity index (χ2v) is 9.35. The second-order valence-electron chi connectivity index (χ2n) is 9.35. The van der Waals surface area contributed by atoms with Crippen LogP contribution in [0.4, 0.5) is 0 Å². The van der Waals surface area contributed by atoms with E-state index in [0.717, 1.165) is 33.0 Å². The fraction of sp³-hybridized carbons (Fsp3) is 0.118. The minimum Gasteiger partial charge on any atom is -0.352 e. The normalized spacial score (nSPS) is 11.2. The summed E-state index contributed by atoms with van der Waals surface area (Å²) in [5, 5.41) is 8.57. The Bertz CT molecular complexity index is 1420. The van der Waals surface area contributed by atoms with Crippen LogP contribution in [-0.4, -0.2) is 11.8 Å². The predicted molar refractivity (Wildman–Crippen MR) is 152 cm³/mol. The van der Waals surface area contributed by atoms with Crippen molar-refractivity contribution in [3.05, 3.63) is 156 Å². The van der Waals surface area contributed by atoms with E-state index in [1.54, 1.807) is 0 Å². The Kier molecular flexibility index (Phi) is 7.60. The van der Waals surface area contributed by atoms with Gasteiger partial charge in [-0.3, -0.25) is 9.59 Å². The average molecular weight is 499 g/mol. The summed E-state index contributed by atoms with van der Waals surface area (Å²) in [5.74, 6) is -0.347. The molecular formula is C34H30N2O2. The van der Waals surface area contributed by atoms with Gasteiger partial charge in [0, 0.05) is 19.4 Å². The molecule has 0 aromatic heterocycles. The molecule has 5 aromatic carbocycles. The first-order valence-corrected chi connectivity index (χ1v) is 12.9. The maximum absolute atomic E-state index is 13.4. The van der Waals surface area contributed by atoms with Crippen LogP contribution in [0.15, 0.2) is 133 Å². The van der Waals surface area contributed by atoms with Crippen molar-refractivity contribution < 1.29 is 9.59 Å². The summed E-state index contributed by atoms with van der Waals surface area (Å²) in [6, 6.07) is 44.2. The van der Waals surface area contributed by atoms with Gasteiger partial charge in [-0.15, -0.1) is 0 Å². The SMILES string of the molecule is O=C(CCC(=O)NC(c1ccccc1)(c1ccccc1)c1ccccc1)NCc1ccc2ccccc2c1. The van der Waals surface area contributed by atoms with Crippen LogP contribution in [0.25, 0.3) is 10.8 Å². The third-order valence-electron chi connectivity index (χ3n) is 6.83. The molecule has 38 heavy (non-hydrogen) atoms. The third-order valence-corrected chi connectivity index (χ3v) is 6.83. The largest absolute Gasteiger partial charge is 0.352 e. The van der Waals surface area contributed by atoms with Crippen LogP contribution in [0.3, 0.4) is 0 Å². The third kappa shape index (κ3) is 5.50. The quantitative estimate of drug-likeness (QED) is 0.233. The number of hydrogen-bond donors (Lipinski definition) is 2. The van der Waals surface area contributed by atoms with E-state index in [9.17, 15) is 9.59 Å². The number of hydrogen-bond acceptors (Lipinski definition) is 2. The van der Waals surface area contributed by atoms with Crippen LogP contribution >= 0.6 is 0 Å². The Hall–Kier alpha value is -4.70. The van der Waals surface area contributed by atoms with Crippen molar-refractivity contribution in [2.75, 3.05) is 0 Å². The van der Waals surface area contributed by atoms with Gasteiger partial charge in [0.05, 0.1) is 0 Å². The standard InChI is InChI=1S/C34H30N2O2/c37-32(35-25-26-20-21-27-12-10-11-13-28(27)24-26)22-23-33(38)36-34(29-14-4-1-5-15-29,30-16-6-2-7-17-30)31-18-8-3-9-19-31/h1-21,24H,22-23,25H2,(H,35,37)(H,36,38). The Morgan fingerprint density at radius 3 is 1.55 bits per heavy atom. The fourth-order valence-corrected chi connectivity index (χ4v) is 4.92. The molecule has 0 saturated carbocycles. The van der Waals surface area contributed by atoms with E-state index in [2.05, 4.69) is 34.9 Å². The highest BCUT2D eigenvalue weighted by Gasteiger charge is 2.37. The molecule has 0 fully saturated rings. The van der Waals surface area contributed by atoms with Crippen molar-refractivity contribution in [1.29, 1.82) is 0 Å². The lowest BCUT2D eigenvalue weighted by atomic mass is 9.77. The Morgan fingerprint density at radius 1 is 0.526 bits per heavy atom. The van der Waals surface area contributed by atoms with Gasteiger partial charge in [0.25, 0.3) is 0 Å². The van der Waals surface area contributed by atoms with Crippen molar-refractivity contribution in [3.63, 3.8) is 0 Å². The van der Waals surface area contributed by atoms with Gasteiger partial charge in [-0.1, -0.05) is 127 Å². The molecule has 0 unspecified atom stereocenters. The highest BCUT2D eigenvalue weighted by molar-refractivity contribution is 5.85. The van der Waals surface area contributed by atoms with Gasteiger partial charge in [-0.05, 0) is 39.1 Å². The van der Waals surface area contributed by atoms with Crippen molar-refractivity contribution in [2.45, 2.75) is 24.9 Å². The van der Waals surface area contributed by atoms with Gasteiger partial charge >= 0.3 is 0 Å². The topological polar surface area (TPSA) is 58.2 Å². The van der Waals surface area contributed by atoms with E-state index in [0.29, 0.717) is 6.54 Å². The van der Waals surface area contributed by atoms with Gasteiger partial charge in [-0.25, -0.2) is 0 Å². The Labute approximate surface area is 223 Å². The molecule has 0 aliphatic heterocycles. The smallest absolute Gasteiger partial charge is 0.221 e. The molecule has 2 N–H and O–H groups in total. The number of benzene rings is 5. The number of amides is 2. The monoisotopic (exact) mass is 498 g/mol. The molecule has 0 aliphatic rings.